The molecule has 0 fully saturated rings. The third-order valence-electron chi connectivity index (χ3n) is 1.54. The Labute approximate surface area is 90.3 Å². The Balaban J connectivity index is 2.45. The van der Waals surface area contributed by atoms with Crippen molar-refractivity contribution >= 4 is 33.0 Å². The van der Waals surface area contributed by atoms with Gasteiger partial charge >= 0.3 is 0 Å². The summed E-state index contributed by atoms with van der Waals surface area (Å²) < 4.78 is 1.04. The van der Waals surface area contributed by atoms with E-state index >= 15 is 0 Å². The van der Waals surface area contributed by atoms with E-state index in [0.717, 1.165) is 9.35 Å². The summed E-state index contributed by atoms with van der Waals surface area (Å²) in [6.07, 6.45) is 0.979. The summed E-state index contributed by atoms with van der Waals surface area (Å²) in [5.41, 5.74) is 5.53. The first-order valence-electron chi connectivity index (χ1n) is 4.08. The van der Waals surface area contributed by atoms with E-state index in [1.54, 1.807) is 11.3 Å². The molecule has 0 radical (unpaired) electrons. The number of rotatable bonds is 4. The molecule has 0 aliphatic heterocycles. The van der Waals surface area contributed by atoms with E-state index in [-0.39, 0.29) is 11.8 Å². The topological polar surface area (TPSA) is 43.1 Å². The molecule has 0 aromatic carbocycles. The van der Waals surface area contributed by atoms with E-state index in [4.69, 9.17) is 5.73 Å². The predicted octanol–water partition coefficient (Wildman–Crippen LogP) is 2.36. The van der Waals surface area contributed by atoms with Crippen LogP contribution in [0.4, 0.5) is 0 Å². The number of nitrogens with two attached hydrogens (primary N) is 1. The van der Waals surface area contributed by atoms with Crippen molar-refractivity contribution in [1.29, 1.82) is 0 Å². The number of carbonyl (C=O) groups excluding carboxylic acids is 1. The molecule has 1 unspecified atom stereocenters. The van der Waals surface area contributed by atoms with Crippen LogP contribution in [0.3, 0.4) is 0 Å². The van der Waals surface area contributed by atoms with Crippen LogP contribution in [0.1, 0.15) is 18.2 Å². The molecule has 1 rings (SSSR count). The van der Waals surface area contributed by atoms with Gasteiger partial charge in [0.25, 0.3) is 0 Å². The van der Waals surface area contributed by atoms with Crippen LogP contribution in [-0.4, -0.2) is 11.8 Å². The molecule has 1 aromatic heterocycles. The Morgan fingerprint density at radius 2 is 2.46 bits per heavy atom. The van der Waals surface area contributed by atoms with E-state index in [1.165, 1.54) is 0 Å². The molecule has 0 amide bonds. The second-order valence-electron chi connectivity index (χ2n) is 3.13. The summed E-state index contributed by atoms with van der Waals surface area (Å²) >= 11 is 4.94. The molecule has 4 heteroatoms. The minimum atomic E-state index is -0.0316. The molecular weight excluding hydrogens is 250 g/mol. The van der Waals surface area contributed by atoms with Crippen molar-refractivity contribution in [2.45, 2.75) is 25.8 Å². The lowest BCUT2D eigenvalue weighted by Crippen LogP contribution is -2.20. The minimum absolute atomic E-state index is 0.0316. The highest BCUT2D eigenvalue weighted by Gasteiger charge is 2.07. The number of thiophene rings is 1. The van der Waals surface area contributed by atoms with Gasteiger partial charge in [-0.05, 0) is 28.9 Å². The zero-order valence-corrected chi connectivity index (χ0v) is 9.82. The van der Waals surface area contributed by atoms with Crippen LogP contribution in [-0.2, 0) is 11.2 Å². The standard InChI is InChI=1S/C9H12BrNOS/c1-6(11)2-8(12)4-9-3-7(10)5-13-9/h3,5-6H,2,4,11H2,1H3. The van der Waals surface area contributed by atoms with Gasteiger partial charge in [0.05, 0.1) is 0 Å². The number of hydrogen-bond donors (Lipinski definition) is 1. The Kier molecular flexibility index (Phi) is 4.09. The van der Waals surface area contributed by atoms with Gasteiger partial charge in [0, 0.05) is 33.6 Å². The lowest BCUT2D eigenvalue weighted by Gasteiger charge is -2.01. The molecule has 0 bridgehead atoms. The summed E-state index contributed by atoms with van der Waals surface area (Å²) in [4.78, 5) is 12.4. The Morgan fingerprint density at radius 1 is 1.77 bits per heavy atom. The van der Waals surface area contributed by atoms with Gasteiger partial charge in [0.15, 0.2) is 0 Å². The zero-order valence-electron chi connectivity index (χ0n) is 7.42. The van der Waals surface area contributed by atoms with Gasteiger partial charge in [-0.1, -0.05) is 0 Å². The van der Waals surface area contributed by atoms with Crippen molar-refractivity contribution < 1.29 is 4.79 Å². The normalized spacial score (nSPS) is 12.8. The maximum atomic E-state index is 11.3. The average molecular weight is 262 g/mol. The molecule has 1 atom stereocenters. The maximum absolute atomic E-state index is 11.3. The van der Waals surface area contributed by atoms with Gasteiger partial charge in [-0.3, -0.25) is 4.79 Å². The van der Waals surface area contributed by atoms with Gasteiger partial charge in [-0.2, -0.15) is 0 Å². The van der Waals surface area contributed by atoms with E-state index in [2.05, 4.69) is 15.9 Å². The highest BCUT2D eigenvalue weighted by Crippen LogP contribution is 2.20. The smallest absolute Gasteiger partial charge is 0.139 e. The number of carbonyl (C=O) groups is 1. The van der Waals surface area contributed by atoms with E-state index in [0.29, 0.717) is 12.8 Å². The Hall–Kier alpha value is -0.190. The SMILES string of the molecule is CC(N)CC(=O)Cc1cc(Br)cs1. The van der Waals surface area contributed by atoms with E-state index in [1.807, 2.05) is 18.4 Å². The third-order valence-corrected chi connectivity index (χ3v) is 3.24. The largest absolute Gasteiger partial charge is 0.328 e. The quantitative estimate of drug-likeness (QED) is 0.905. The van der Waals surface area contributed by atoms with Gasteiger partial charge in [0.1, 0.15) is 5.78 Å². The number of halogens is 1. The Morgan fingerprint density at radius 3 is 2.92 bits per heavy atom. The Bertz CT molecular complexity index is 296. The molecular formula is C9H12BrNOS. The van der Waals surface area contributed by atoms with Gasteiger partial charge in [-0.25, -0.2) is 0 Å². The van der Waals surface area contributed by atoms with Gasteiger partial charge < -0.3 is 5.73 Å². The molecule has 13 heavy (non-hydrogen) atoms. The lowest BCUT2D eigenvalue weighted by molar-refractivity contribution is -0.118. The molecule has 0 aliphatic carbocycles. The van der Waals surface area contributed by atoms with Crippen LogP contribution >= 0.6 is 27.3 Å². The molecule has 2 N–H and O–H groups in total. The van der Waals surface area contributed by atoms with Crippen LogP contribution in [0, 0.1) is 0 Å². The fraction of sp³-hybridized carbons (Fsp3) is 0.444. The molecule has 0 aliphatic rings. The van der Waals surface area contributed by atoms with Gasteiger partial charge in [0.2, 0.25) is 0 Å². The fourth-order valence-corrected chi connectivity index (χ4v) is 2.55. The highest BCUT2D eigenvalue weighted by atomic mass is 79.9. The molecule has 0 saturated carbocycles. The molecule has 72 valence electrons. The third kappa shape index (κ3) is 4.02. The first kappa shape index (κ1) is 10.9. The van der Waals surface area contributed by atoms with Crippen LogP contribution in [0.5, 0.6) is 0 Å². The maximum Gasteiger partial charge on any atom is 0.139 e. The first-order chi connectivity index (χ1) is 6.08. The molecule has 1 aromatic rings. The predicted molar refractivity (Wildman–Crippen MR) is 59.0 cm³/mol. The zero-order chi connectivity index (χ0) is 9.84. The summed E-state index contributed by atoms with van der Waals surface area (Å²) in [5.74, 6) is 0.212. The molecule has 0 spiro atoms. The summed E-state index contributed by atoms with van der Waals surface area (Å²) in [7, 11) is 0. The molecule has 2 nitrogen and oxygen atoms in total. The molecule has 1 heterocycles. The fourth-order valence-electron chi connectivity index (χ4n) is 1.07. The van der Waals surface area contributed by atoms with Crippen molar-refractivity contribution in [1.82, 2.24) is 0 Å². The van der Waals surface area contributed by atoms with Crippen molar-refractivity contribution in [3.05, 3.63) is 20.8 Å². The number of ketones is 1. The van der Waals surface area contributed by atoms with Gasteiger partial charge in [-0.15, -0.1) is 11.3 Å². The van der Waals surface area contributed by atoms with Crippen molar-refractivity contribution in [2.24, 2.45) is 5.73 Å². The van der Waals surface area contributed by atoms with E-state index in [9.17, 15) is 4.79 Å². The van der Waals surface area contributed by atoms with Crippen LogP contribution in [0.15, 0.2) is 15.9 Å². The van der Waals surface area contributed by atoms with Crippen LogP contribution in [0.25, 0.3) is 0 Å². The number of hydrogen-bond acceptors (Lipinski definition) is 3. The second kappa shape index (κ2) is 4.88. The lowest BCUT2D eigenvalue weighted by atomic mass is 10.1. The van der Waals surface area contributed by atoms with Crippen molar-refractivity contribution in [3.8, 4) is 0 Å². The highest BCUT2D eigenvalue weighted by molar-refractivity contribution is 9.10. The van der Waals surface area contributed by atoms with Crippen LogP contribution < -0.4 is 5.73 Å². The van der Waals surface area contributed by atoms with Crippen molar-refractivity contribution in [2.75, 3.05) is 0 Å². The second-order valence-corrected chi connectivity index (χ2v) is 5.04. The first-order valence-corrected chi connectivity index (χ1v) is 5.75. The number of Topliss-reactive ketones (excluding diaryl/α,β-unsaturated/α-hetero) is 1. The summed E-state index contributed by atoms with van der Waals surface area (Å²) in [6, 6.07) is 1.94. The van der Waals surface area contributed by atoms with E-state index < -0.39 is 0 Å². The minimum Gasteiger partial charge on any atom is -0.328 e. The van der Waals surface area contributed by atoms with Crippen molar-refractivity contribution in [3.63, 3.8) is 0 Å². The average Bonchev–Trinajstić information content (AvgIpc) is 2.33. The molecule has 0 saturated heterocycles. The van der Waals surface area contributed by atoms with Crippen LogP contribution in [0.2, 0.25) is 0 Å². The monoisotopic (exact) mass is 261 g/mol. The summed E-state index contributed by atoms with van der Waals surface area (Å²) in [5, 5.41) is 1.98. The summed E-state index contributed by atoms with van der Waals surface area (Å²) in [6.45, 7) is 1.85.